The van der Waals surface area contributed by atoms with E-state index in [-0.39, 0.29) is 10.0 Å². The summed E-state index contributed by atoms with van der Waals surface area (Å²) < 4.78 is 1.97. The van der Waals surface area contributed by atoms with E-state index in [9.17, 15) is 20.0 Å². The van der Waals surface area contributed by atoms with Crippen LogP contribution in [0.5, 0.6) is 5.75 Å². The summed E-state index contributed by atoms with van der Waals surface area (Å²) in [7, 11) is 0. The lowest BCUT2D eigenvalue weighted by Gasteiger charge is -2.09. The molecule has 0 radical (unpaired) electrons. The lowest BCUT2D eigenvalue weighted by molar-refractivity contribution is -0.398. The molecule has 0 aliphatic heterocycles. The van der Waals surface area contributed by atoms with Crippen LogP contribution >= 0.6 is 27.3 Å². The maximum absolute atomic E-state index is 12.7. The monoisotopic (exact) mass is 416 g/mol. The van der Waals surface area contributed by atoms with E-state index in [0.29, 0.717) is 20.6 Å². The van der Waals surface area contributed by atoms with E-state index in [2.05, 4.69) is 20.9 Å². The number of imidazole rings is 1. The van der Waals surface area contributed by atoms with Crippen molar-refractivity contribution in [3.05, 3.63) is 71.4 Å². The van der Waals surface area contributed by atoms with E-state index in [1.165, 1.54) is 27.9 Å². The predicted molar refractivity (Wildman–Crippen MR) is 95.9 cm³/mol. The molecule has 0 aliphatic carbocycles. The van der Waals surface area contributed by atoms with Crippen LogP contribution in [-0.4, -0.2) is 14.3 Å². The van der Waals surface area contributed by atoms with Crippen molar-refractivity contribution in [1.29, 1.82) is 0 Å². The molecule has 0 bridgehead atoms. The van der Waals surface area contributed by atoms with Gasteiger partial charge >= 0.3 is 0 Å². The smallest absolute Gasteiger partial charge is 0.274 e. The molecule has 4 rings (SSSR count). The van der Waals surface area contributed by atoms with Crippen molar-refractivity contribution in [3.63, 3.8) is 0 Å². The van der Waals surface area contributed by atoms with Crippen LogP contribution in [-0.2, 0) is 0 Å². The lowest BCUT2D eigenvalue weighted by Crippen LogP contribution is -2.22. The number of benzene rings is 2. The molecule has 25 heavy (non-hydrogen) atoms. The third-order valence-electron chi connectivity index (χ3n) is 3.69. The molecule has 0 amide bonds. The van der Waals surface area contributed by atoms with Gasteiger partial charge in [0.15, 0.2) is 4.96 Å². The maximum atomic E-state index is 12.7. The molecule has 0 saturated heterocycles. The molecule has 0 aliphatic rings. The summed E-state index contributed by atoms with van der Waals surface area (Å²) >= 11 is 4.22. The number of hydrogen-bond acceptors (Lipinski definition) is 6. The van der Waals surface area contributed by atoms with Crippen molar-refractivity contribution >= 4 is 55.0 Å². The number of nitro groups is 1. The summed E-state index contributed by atoms with van der Waals surface area (Å²) in [6, 6.07) is 9.91. The van der Waals surface area contributed by atoms with Gasteiger partial charge in [0.25, 0.3) is 11.2 Å². The Morgan fingerprint density at radius 1 is 1.28 bits per heavy atom. The summed E-state index contributed by atoms with van der Waals surface area (Å²) in [4.78, 5) is 27.9. The molecule has 0 fully saturated rings. The quantitative estimate of drug-likeness (QED) is 0.368. The number of nitrogens with zero attached hydrogens (tertiary/aromatic N) is 3. The average molecular weight is 417 g/mol. The third-order valence-corrected chi connectivity index (χ3v) is 5.24. The van der Waals surface area contributed by atoms with Crippen LogP contribution in [0.2, 0.25) is 0 Å². The summed E-state index contributed by atoms with van der Waals surface area (Å²) in [5, 5.41) is 22.7. The zero-order valence-corrected chi connectivity index (χ0v) is 14.7. The maximum Gasteiger partial charge on any atom is 0.274 e. The Morgan fingerprint density at radius 2 is 2.04 bits per heavy atom. The highest BCUT2D eigenvalue weighted by Crippen LogP contribution is 2.32. The Kier molecular flexibility index (Phi) is 3.55. The van der Waals surface area contributed by atoms with Gasteiger partial charge in [-0.3, -0.25) is 14.9 Å². The normalized spacial score (nSPS) is 12.3. The first-order chi connectivity index (χ1) is 12.0. The Bertz CT molecular complexity index is 1280. The van der Waals surface area contributed by atoms with E-state index in [1.807, 2.05) is 18.2 Å². The third kappa shape index (κ3) is 2.48. The zero-order valence-electron chi connectivity index (χ0n) is 12.3. The molecule has 0 saturated carbocycles. The summed E-state index contributed by atoms with van der Waals surface area (Å²) in [6.07, 6.45) is 1.52. The molecule has 0 spiro atoms. The van der Waals surface area contributed by atoms with E-state index in [0.717, 1.165) is 11.6 Å². The van der Waals surface area contributed by atoms with Gasteiger partial charge in [-0.1, -0.05) is 39.4 Å². The lowest BCUT2D eigenvalue weighted by atomic mass is 10.2. The minimum Gasteiger partial charge on any atom is -0.867 e. The van der Waals surface area contributed by atoms with Crippen molar-refractivity contribution in [2.24, 2.45) is 0 Å². The number of hydrogen-bond donors (Lipinski definition) is 0. The average Bonchev–Trinajstić information content (AvgIpc) is 3.07. The van der Waals surface area contributed by atoms with Crippen molar-refractivity contribution in [1.82, 2.24) is 9.38 Å². The summed E-state index contributed by atoms with van der Waals surface area (Å²) in [6.45, 7) is 0. The number of rotatable bonds is 2. The summed E-state index contributed by atoms with van der Waals surface area (Å²) in [5.74, 6) is -0.698. The van der Waals surface area contributed by atoms with Crippen LogP contribution in [0.15, 0.2) is 45.7 Å². The van der Waals surface area contributed by atoms with Crippen LogP contribution in [0.4, 0.5) is 5.69 Å². The molecular weight excluding hydrogens is 410 g/mol. The van der Waals surface area contributed by atoms with Crippen LogP contribution < -0.4 is 15.2 Å². The highest BCUT2D eigenvalue weighted by molar-refractivity contribution is 9.10. The molecule has 2 aromatic heterocycles. The van der Waals surface area contributed by atoms with Gasteiger partial charge in [0.2, 0.25) is 0 Å². The number of nitro benzene ring substituents is 1. The van der Waals surface area contributed by atoms with Gasteiger partial charge in [0, 0.05) is 10.5 Å². The second kappa shape index (κ2) is 5.64. The van der Waals surface area contributed by atoms with Crippen molar-refractivity contribution in [3.8, 4) is 5.75 Å². The van der Waals surface area contributed by atoms with E-state index in [1.54, 1.807) is 6.07 Å². The summed E-state index contributed by atoms with van der Waals surface area (Å²) in [5.41, 5.74) is 1.04. The molecule has 124 valence electrons. The van der Waals surface area contributed by atoms with Crippen molar-refractivity contribution in [2.45, 2.75) is 0 Å². The van der Waals surface area contributed by atoms with Gasteiger partial charge in [-0.05, 0) is 35.6 Å². The number of fused-ring (bicyclic) bond motifs is 3. The van der Waals surface area contributed by atoms with Gasteiger partial charge in [0.05, 0.1) is 20.5 Å². The largest absolute Gasteiger partial charge is 0.867 e. The Morgan fingerprint density at radius 3 is 2.80 bits per heavy atom. The van der Waals surface area contributed by atoms with Crippen LogP contribution in [0.25, 0.3) is 22.1 Å². The molecule has 0 unspecified atom stereocenters. The zero-order chi connectivity index (χ0) is 17.7. The molecule has 4 aromatic rings. The molecular formula is C16H7BrN3O4S-. The first-order valence-electron chi connectivity index (χ1n) is 7.02. The molecule has 2 aromatic carbocycles. The van der Waals surface area contributed by atoms with E-state index in [4.69, 9.17) is 0 Å². The second-order valence-electron chi connectivity index (χ2n) is 5.24. The molecule has 9 heteroatoms. The minimum absolute atomic E-state index is 0.0761. The van der Waals surface area contributed by atoms with Crippen molar-refractivity contribution in [2.75, 3.05) is 0 Å². The molecule has 0 atom stereocenters. The first-order valence-corrected chi connectivity index (χ1v) is 8.63. The van der Waals surface area contributed by atoms with Gasteiger partial charge in [-0.15, -0.1) is 0 Å². The number of halogens is 1. The van der Waals surface area contributed by atoms with Crippen molar-refractivity contribution < 1.29 is 10.0 Å². The Balaban J connectivity index is 1.97. The van der Waals surface area contributed by atoms with Gasteiger partial charge in [0.1, 0.15) is 0 Å². The standard InChI is InChI=1S/C16H8BrN3O4S/c17-9-5-8(6-12(14(9)21)20(23)24)7-13-15(22)19-11-4-2-1-3-10(11)18-16(19)25-13/h1-7,21H/p-1/b13-7-. The fraction of sp³-hybridized carbons (Fsp3) is 0. The Hall–Kier alpha value is -2.78. The predicted octanol–water partition coefficient (Wildman–Crippen LogP) is 2.20. The molecule has 0 N–H and O–H groups in total. The van der Waals surface area contributed by atoms with Crippen LogP contribution in [0.3, 0.4) is 0 Å². The van der Waals surface area contributed by atoms with Crippen LogP contribution in [0, 0.1) is 10.1 Å². The number of para-hydroxylation sites is 2. The van der Waals surface area contributed by atoms with Gasteiger partial charge in [-0.25, -0.2) is 9.38 Å². The number of thiazole rings is 1. The van der Waals surface area contributed by atoms with Gasteiger partial charge in [-0.2, -0.15) is 0 Å². The Labute approximate surface area is 151 Å². The molecule has 7 nitrogen and oxygen atoms in total. The SMILES string of the molecule is O=c1/c(=C/c2cc(Br)c([O-])c([N+](=O)[O-])c2)sc2nc3ccccc3n12. The highest BCUT2D eigenvalue weighted by atomic mass is 79.9. The first kappa shape index (κ1) is 15.7. The second-order valence-corrected chi connectivity index (χ2v) is 7.11. The van der Waals surface area contributed by atoms with E-state index < -0.39 is 16.4 Å². The highest BCUT2D eigenvalue weighted by Gasteiger charge is 2.13. The molecule has 2 heterocycles. The van der Waals surface area contributed by atoms with Gasteiger partial charge < -0.3 is 5.11 Å². The van der Waals surface area contributed by atoms with Crippen LogP contribution in [0.1, 0.15) is 5.56 Å². The fourth-order valence-electron chi connectivity index (χ4n) is 2.58. The minimum atomic E-state index is -0.739. The topological polar surface area (TPSA) is 101 Å². The van der Waals surface area contributed by atoms with E-state index >= 15 is 0 Å². The number of aromatic nitrogens is 2. The fourth-order valence-corrected chi connectivity index (χ4v) is 4.04.